The van der Waals surface area contributed by atoms with Crippen LogP contribution in [0.25, 0.3) is 0 Å². The Balaban J connectivity index is 1.41. The van der Waals surface area contributed by atoms with Crippen molar-refractivity contribution < 1.29 is 9.18 Å². The highest BCUT2D eigenvalue weighted by molar-refractivity contribution is 7.15. The lowest BCUT2D eigenvalue weighted by Gasteiger charge is -2.25. The monoisotopic (exact) mass is 345 g/mol. The summed E-state index contributed by atoms with van der Waals surface area (Å²) in [5, 5.41) is 3.68. The molecule has 1 aliphatic carbocycles. The van der Waals surface area contributed by atoms with E-state index in [9.17, 15) is 9.18 Å². The SMILES string of the molecule is O=C(Nc1nc2c(s1)CN(Cc1ccccc1F)CC2)C1CCC1. The summed E-state index contributed by atoms with van der Waals surface area (Å²) < 4.78 is 13.8. The highest BCUT2D eigenvalue weighted by Crippen LogP contribution is 2.31. The highest BCUT2D eigenvalue weighted by atomic mass is 32.1. The summed E-state index contributed by atoms with van der Waals surface area (Å²) in [6, 6.07) is 6.93. The minimum atomic E-state index is -0.152. The van der Waals surface area contributed by atoms with Gasteiger partial charge in [0.15, 0.2) is 5.13 Å². The molecule has 24 heavy (non-hydrogen) atoms. The summed E-state index contributed by atoms with van der Waals surface area (Å²) in [4.78, 5) is 20.0. The molecule has 1 saturated carbocycles. The normalized spacial score (nSPS) is 18.0. The lowest BCUT2D eigenvalue weighted by Crippen LogP contribution is -2.29. The van der Waals surface area contributed by atoms with Crippen molar-refractivity contribution in [2.24, 2.45) is 5.92 Å². The topological polar surface area (TPSA) is 45.2 Å². The molecule has 1 N–H and O–H groups in total. The van der Waals surface area contributed by atoms with Crippen LogP contribution in [0.5, 0.6) is 0 Å². The van der Waals surface area contributed by atoms with Gasteiger partial charge in [-0.1, -0.05) is 24.6 Å². The molecule has 0 spiro atoms. The number of thiazole rings is 1. The fourth-order valence-corrected chi connectivity index (χ4v) is 4.24. The molecular formula is C18H20FN3OS. The molecule has 4 rings (SSSR count). The minimum Gasteiger partial charge on any atom is -0.302 e. The molecule has 0 atom stereocenters. The van der Waals surface area contributed by atoms with Crippen LogP contribution >= 0.6 is 11.3 Å². The number of halogens is 1. The number of rotatable bonds is 4. The summed E-state index contributed by atoms with van der Waals surface area (Å²) in [6.07, 6.45) is 3.98. The third kappa shape index (κ3) is 3.21. The zero-order valence-electron chi connectivity index (χ0n) is 13.4. The molecule has 6 heteroatoms. The molecule has 1 amide bonds. The maximum Gasteiger partial charge on any atom is 0.229 e. The second-order valence-electron chi connectivity index (χ2n) is 6.56. The third-order valence-corrected chi connectivity index (χ3v) is 5.87. The zero-order valence-corrected chi connectivity index (χ0v) is 14.2. The van der Waals surface area contributed by atoms with Crippen LogP contribution in [-0.2, 0) is 24.3 Å². The van der Waals surface area contributed by atoms with Crippen LogP contribution in [0.1, 0.15) is 35.4 Å². The van der Waals surface area contributed by atoms with Gasteiger partial charge in [0.1, 0.15) is 5.82 Å². The van der Waals surface area contributed by atoms with Gasteiger partial charge in [0.2, 0.25) is 5.91 Å². The zero-order chi connectivity index (χ0) is 16.5. The van der Waals surface area contributed by atoms with Crippen LogP contribution in [0.2, 0.25) is 0 Å². The first kappa shape index (κ1) is 15.7. The molecule has 2 aliphatic rings. The van der Waals surface area contributed by atoms with Gasteiger partial charge in [0, 0.05) is 42.4 Å². The largest absolute Gasteiger partial charge is 0.302 e. The van der Waals surface area contributed by atoms with Gasteiger partial charge in [-0.2, -0.15) is 0 Å². The molecule has 0 bridgehead atoms. The number of nitrogens with zero attached hydrogens (tertiary/aromatic N) is 2. The van der Waals surface area contributed by atoms with Crippen LogP contribution in [0.15, 0.2) is 24.3 Å². The van der Waals surface area contributed by atoms with Gasteiger partial charge in [-0.3, -0.25) is 9.69 Å². The van der Waals surface area contributed by atoms with Gasteiger partial charge in [-0.25, -0.2) is 9.37 Å². The number of hydrogen-bond acceptors (Lipinski definition) is 4. The van der Waals surface area contributed by atoms with Crippen molar-refractivity contribution in [3.63, 3.8) is 0 Å². The van der Waals surface area contributed by atoms with Crippen molar-refractivity contribution in [2.45, 2.75) is 38.8 Å². The first-order valence-corrected chi connectivity index (χ1v) is 9.26. The van der Waals surface area contributed by atoms with E-state index in [1.807, 2.05) is 12.1 Å². The summed E-state index contributed by atoms with van der Waals surface area (Å²) in [5.74, 6) is 0.125. The fourth-order valence-electron chi connectivity index (χ4n) is 3.18. The van der Waals surface area contributed by atoms with Gasteiger partial charge in [-0.05, 0) is 18.9 Å². The van der Waals surface area contributed by atoms with Gasteiger partial charge in [-0.15, -0.1) is 11.3 Å². The van der Waals surface area contributed by atoms with Crippen LogP contribution in [0.4, 0.5) is 9.52 Å². The molecule has 126 valence electrons. The number of fused-ring (bicyclic) bond motifs is 1. The quantitative estimate of drug-likeness (QED) is 0.921. The van der Waals surface area contributed by atoms with Gasteiger partial charge in [0.25, 0.3) is 0 Å². The van der Waals surface area contributed by atoms with Crippen molar-refractivity contribution in [1.82, 2.24) is 9.88 Å². The van der Waals surface area contributed by atoms with Crippen LogP contribution in [0, 0.1) is 11.7 Å². The van der Waals surface area contributed by atoms with Gasteiger partial charge >= 0.3 is 0 Å². The molecule has 1 aromatic heterocycles. The van der Waals surface area contributed by atoms with Crippen molar-refractivity contribution in [2.75, 3.05) is 11.9 Å². The number of carbonyl (C=O) groups excluding carboxylic acids is 1. The molecule has 0 radical (unpaired) electrons. The van der Waals surface area contributed by atoms with E-state index in [-0.39, 0.29) is 17.6 Å². The van der Waals surface area contributed by atoms with Crippen LogP contribution in [-0.4, -0.2) is 22.3 Å². The predicted octanol–water partition coefficient (Wildman–Crippen LogP) is 3.58. The van der Waals surface area contributed by atoms with E-state index in [4.69, 9.17) is 0 Å². The van der Waals surface area contributed by atoms with Crippen molar-refractivity contribution in [1.29, 1.82) is 0 Å². The molecule has 1 aromatic carbocycles. The Morgan fingerprint density at radius 1 is 1.38 bits per heavy atom. The number of amides is 1. The van der Waals surface area contributed by atoms with Crippen molar-refractivity contribution in [3.8, 4) is 0 Å². The highest BCUT2D eigenvalue weighted by Gasteiger charge is 2.27. The van der Waals surface area contributed by atoms with Gasteiger partial charge in [0.05, 0.1) is 5.69 Å². The van der Waals surface area contributed by atoms with E-state index < -0.39 is 0 Å². The minimum absolute atomic E-state index is 0.107. The number of nitrogens with one attached hydrogen (secondary N) is 1. The first-order chi connectivity index (χ1) is 11.7. The lowest BCUT2D eigenvalue weighted by molar-refractivity contribution is -0.122. The lowest BCUT2D eigenvalue weighted by atomic mass is 9.85. The third-order valence-electron chi connectivity index (χ3n) is 4.87. The smallest absolute Gasteiger partial charge is 0.229 e. The van der Waals surface area contributed by atoms with E-state index in [0.29, 0.717) is 11.7 Å². The Morgan fingerprint density at radius 3 is 2.96 bits per heavy atom. The second kappa shape index (κ2) is 6.61. The first-order valence-electron chi connectivity index (χ1n) is 8.44. The summed E-state index contributed by atoms with van der Waals surface area (Å²) >= 11 is 1.56. The fraction of sp³-hybridized carbons (Fsp3) is 0.444. The Kier molecular flexibility index (Phi) is 4.33. The molecule has 2 aromatic rings. The average Bonchev–Trinajstić information content (AvgIpc) is 2.89. The number of anilines is 1. The number of benzene rings is 1. The molecule has 4 nitrogen and oxygen atoms in total. The molecule has 0 saturated heterocycles. The second-order valence-corrected chi connectivity index (χ2v) is 7.64. The summed E-state index contributed by atoms with van der Waals surface area (Å²) in [7, 11) is 0. The number of hydrogen-bond donors (Lipinski definition) is 1. The molecular weight excluding hydrogens is 325 g/mol. The Morgan fingerprint density at radius 2 is 2.21 bits per heavy atom. The molecule has 1 aliphatic heterocycles. The number of aromatic nitrogens is 1. The van der Waals surface area contributed by atoms with E-state index in [0.717, 1.165) is 50.0 Å². The van der Waals surface area contributed by atoms with Crippen LogP contribution in [0.3, 0.4) is 0 Å². The Hall–Kier alpha value is -1.79. The predicted molar refractivity (Wildman–Crippen MR) is 92.3 cm³/mol. The van der Waals surface area contributed by atoms with E-state index in [1.54, 1.807) is 17.4 Å². The van der Waals surface area contributed by atoms with E-state index >= 15 is 0 Å². The molecule has 0 unspecified atom stereocenters. The maximum absolute atomic E-state index is 13.8. The van der Waals surface area contributed by atoms with E-state index in [1.165, 1.54) is 10.9 Å². The van der Waals surface area contributed by atoms with Gasteiger partial charge < -0.3 is 5.32 Å². The summed E-state index contributed by atoms with van der Waals surface area (Å²) in [5.41, 5.74) is 1.80. The van der Waals surface area contributed by atoms with Crippen molar-refractivity contribution in [3.05, 3.63) is 46.2 Å². The Labute approximate surface area is 144 Å². The van der Waals surface area contributed by atoms with E-state index in [2.05, 4.69) is 15.2 Å². The summed E-state index contributed by atoms with van der Waals surface area (Å²) in [6.45, 7) is 2.23. The number of carbonyl (C=O) groups is 1. The average molecular weight is 345 g/mol. The molecule has 1 fully saturated rings. The maximum atomic E-state index is 13.8. The Bertz CT molecular complexity index is 756. The van der Waals surface area contributed by atoms with Crippen LogP contribution < -0.4 is 5.32 Å². The van der Waals surface area contributed by atoms with Crippen molar-refractivity contribution >= 4 is 22.4 Å². The standard InChI is InChI=1S/C18H20FN3OS/c19-14-7-2-1-4-13(14)10-22-9-8-15-16(11-22)24-18(20-15)21-17(23)12-5-3-6-12/h1-2,4,7,12H,3,5-6,8-11H2,(H,20,21,23). The molecule has 2 heterocycles.